The van der Waals surface area contributed by atoms with Crippen LogP contribution in [0.1, 0.15) is 67.9 Å². The number of carbonyl (C=O) groups excluding carboxylic acids is 3. The van der Waals surface area contributed by atoms with Gasteiger partial charge in [-0.05, 0) is 93.3 Å². The Labute approximate surface area is 322 Å². The molecule has 2 N–H and O–H groups in total. The van der Waals surface area contributed by atoms with Crippen molar-refractivity contribution in [2.24, 2.45) is 0 Å². The molecule has 4 aromatic rings. The first kappa shape index (κ1) is 39.2. The lowest BCUT2D eigenvalue weighted by Crippen LogP contribution is -2.49. The monoisotopic (exact) mass is 751 g/mol. The molecule has 12 heteroatoms. The van der Waals surface area contributed by atoms with E-state index in [1.54, 1.807) is 11.0 Å². The minimum atomic E-state index is -0.641. The fraction of sp³-hybridized carbons (Fsp3) is 0.395. The van der Waals surface area contributed by atoms with Crippen molar-refractivity contribution in [3.8, 4) is 22.8 Å². The summed E-state index contributed by atoms with van der Waals surface area (Å²) in [6, 6.07) is 26.5. The fourth-order valence-electron chi connectivity index (χ4n) is 6.76. The molecule has 0 bridgehead atoms. The number of nitrogens with one attached hydrogen (secondary N) is 2. The summed E-state index contributed by atoms with van der Waals surface area (Å²) in [6.45, 7) is 9.50. The molecule has 2 fully saturated rings. The molecule has 290 valence electrons. The van der Waals surface area contributed by atoms with Crippen molar-refractivity contribution in [2.45, 2.75) is 77.2 Å². The number of pyridine rings is 1. The van der Waals surface area contributed by atoms with Gasteiger partial charge < -0.3 is 29.7 Å². The molecular weight excluding hydrogens is 701 g/mol. The van der Waals surface area contributed by atoms with Gasteiger partial charge >= 0.3 is 12.2 Å². The van der Waals surface area contributed by atoms with Gasteiger partial charge in [0, 0.05) is 44.8 Å². The van der Waals surface area contributed by atoms with Crippen LogP contribution in [0.2, 0.25) is 0 Å². The van der Waals surface area contributed by atoms with Gasteiger partial charge in [0.15, 0.2) is 0 Å². The minimum absolute atomic E-state index is 0.00756. The molecule has 1 saturated heterocycles. The molecule has 0 spiro atoms. The van der Waals surface area contributed by atoms with E-state index in [0.717, 1.165) is 55.0 Å². The largest absolute Gasteiger partial charge is 0.445 e. The average Bonchev–Trinajstić information content (AvgIpc) is 3.18. The number of rotatable bonds is 11. The Kier molecular flexibility index (Phi) is 13.0. The molecule has 55 heavy (non-hydrogen) atoms. The lowest BCUT2D eigenvalue weighted by molar-refractivity contribution is 0.0487. The molecule has 0 radical (unpaired) electrons. The third-order valence-corrected chi connectivity index (χ3v) is 9.73. The summed E-state index contributed by atoms with van der Waals surface area (Å²) in [7, 11) is 0. The van der Waals surface area contributed by atoms with E-state index in [1.807, 2.05) is 69.3 Å². The van der Waals surface area contributed by atoms with E-state index in [0.29, 0.717) is 44.5 Å². The molecule has 2 aliphatic rings. The molecule has 3 aromatic carbocycles. The number of aromatic nitrogens is 1. The number of carbonyl (C=O) groups is 3. The lowest BCUT2D eigenvalue weighted by atomic mass is 9.91. The Morgan fingerprint density at radius 3 is 2.18 bits per heavy atom. The van der Waals surface area contributed by atoms with Crippen molar-refractivity contribution in [1.82, 2.24) is 25.4 Å². The number of ether oxygens (including phenoxy) is 3. The second kappa shape index (κ2) is 18.2. The maximum absolute atomic E-state index is 14.3. The zero-order chi connectivity index (χ0) is 38.8. The maximum atomic E-state index is 14.3. The van der Waals surface area contributed by atoms with Crippen molar-refractivity contribution in [2.75, 3.05) is 32.7 Å². The number of benzene rings is 3. The second-order valence-electron chi connectivity index (χ2n) is 15.1. The predicted molar refractivity (Wildman–Crippen MR) is 207 cm³/mol. The first-order chi connectivity index (χ1) is 26.5. The number of piperazine rings is 1. The summed E-state index contributed by atoms with van der Waals surface area (Å²) < 4.78 is 31.3. The highest BCUT2D eigenvalue weighted by Gasteiger charge is 2.27. The van der Waals surface area contributed by atoms with Gasteiger partial charge in [0.25, 0.3) is 5.91 Å². The quantitative estimate of drug-likeness (QED) is 0.160. The van der Waals surface area contributed by atoms with E-state index in [1.165, 1.54) is 5.56 Å². The van der Waals surface area contributed by atoms with E-state index in [4.69, 9.17) is 14.2 Å². The number of amides is 3. The van der Waals surface area contributed by atoms with Crippen LogP contribution >= 0.6 is 0 Å². The van der Waals surface area contributed by atoms with Crippen LogP contribution in [-0.4, -0.2) is 83.3 Å². The number of hydrogen-bond acceptors (Lipinski definition) is 8. The Hall–Kier alpha value is -5.49. The zero-order valence-electron chi connectivity index (χ0n) is 31.8. The molecule has 2 heterocycles. The third kappa shape index (κ3) is 11.7. The highest BCUT2D eigenvalue weighted by atomic mass is 19.1. The smallest absolute Gasteiger partial charge is 0.410 e. The van der Waals surface area contributed by atoms with E-state index >= 15 is 0 Å². The Bertz CT molecular complexity index is 1900. The van der Waals surface area contributed by atoms with Crippen LogP contribution in [0.5, 0.6) is 11.6 Å². The maximum Gasteiger partial charge on any atom is 0.410 e. The van der Waals surface area contributed by atoms with E-state index in [9.17, 15) is 18.8 Å². The Morgan fingerprint density at radius 1 is 0.800 bits per heavy atom. The van der Waals surface area contributed by atoms with Crippen LogP contribution in [-0.2, 0) is 22.5 Å². The summed E-state index contributed by atoms with van der Waals surface area (Å²) in [4.78, 5) is 46.3. The topological polar surface area (TPSA) is 122 Å². The number of hydrogen-bond donors (Lipinski definition) is 2. The first-order valence-electron chi connectivity index (χ1n) is 19.0. The molecule has 1 aromatic heterocycles. The van der Waals surface area contributed by atoms with Gasteiger partial charge in [-0.1, -0.05) is 66.7 Å². The first-order valence-corrected chi connectivity index (χ1v) is 19.0. The normalized spacial score (nSPS) is 17.6. The molecule has 11 nitrogen and oxygen atoms in total. The van der Waals surface area contributed by atoms with Crippen LogP contribution in [0.4, 0.5) is 14.0 Å². The van der Waals surface area contributed by atoms with Gasteiger partial charge in [0.1, 0.15) is 29.3 Å². The van der Waals surface area contributed by atoms with Crippen molar-refractivity contribution >= 4 is 18.1 Å². The highest BCUT2D eigenvalue weighted by Crippen LogP contribution is 2.29. The second-order valence-corrected chi connectivity index (χ2v) is 15.1. The van der Waals surface area contributed by atoms with Crippen molar-refractivity contribution < 1.29 is 33.0 Å². The standard InChI is InChI=1S/C43H50FN5O6/c1-43(2,3)55-41(51)47-36-18-16-35(17-19-36)46-39(50)38-27-34(44)28-45-40(38)54-37-11-7-10-33(26-37)32-14-12-30(13-15-32)20-21-48-22-24-49(25-23-48)42(52)53-29-31-8-5-4-6-9-31/h4-15,26-28,35-36H,16-25,29H2,1-3H3,(H,46,50)(H,47,51). The zero-order valence-corrected chi connectivity index (χ0v) is 31.8. The van der Waals surface area contributed by atoms with Crippen LogP contribution < -0.4 is 15.4 Å². The number of halogens is 1. The Balaban J connectivity index is 0.974. The summed E-state index contributed by atoms with van der Waals surface area (Å²) in [5.74, 6) is -0.637. The summed E-state index contributed by atoms with van der Waals surface area (Å²) in [5.41, 5.74) is 3.53. The molecule has 6 rings (SSSR count). The van der Waals surface area contributed by atoms with Crippen LogP contribution in [0.25, 0.3) is 11.1 Å². The van der Waals surface area contributed by atoms with Crippen LogP contribution in [0.15, 0.2) is 91.1 Å². The van der Waals surface area contributed by atoms with Gasteiger partial charge in [-0.25, -0.2) is 19.0 Å². The third-order valence-electron chi connectivity index (χ3n) is 9.73. The van der Waals surface area contributed by atoms with Gasteiger partial charge in [0.2, 0.25) is 5.88 Å². The minimum Gasteiger partial charge on any atom is -0.445 e. The molecule has 1 aliphatic carbocycles. The molecule has 1 saturated carbocycles. The van der Waals surface area contributed by atoms with Gasteiger partial charge in [-0.15, -0.1) is 0 Å². The molecule has 0 unspecified atom stereocenters. The molecular formula is C43H50FN5O6. The Morgan fingerprint density at radius 2 is 1.49 bits per heavy atom. The predicted octanol–water partition coefficient (Wildman–Crippen LogP) is 7.74. The summed E-state index contributed by atoms with van der Waals surface area (Å²) >= 11 is 0. The van der Waals surface area contributed by atoms with Crippen molar-refractivity contribution in [1.29, 1.82) is 0 Å². The summed E-state index contributed by atoms with van der Waals surface area (Å²) in [6.07, 6.45) is 3.85. The van der Waals surface area contributed by atoms with Crippen LogP contribution in [0.3, 0.4) is 0 Å². The number of alkyl carbamates (subject to hydrolysis) is 1. The van der Waals surface area contributed by atoms with Gasteiger partial charge in [-0.3, -0.25) is 9.69 Å². The SMILES string of the molecule is CC(C)(C)OC(=O)NC1CCC(NC(=O)c2cc(F)cnc2Oc2cccc(-c3ccc(CCN4CCN(C(=O)OCc5ccccc5)CC4)cc3)c2)CC1. The molecule has 0 atom stereocenters. The van der Waals surface area contributed by atoms with Crippen molar-refractivity contribution in [3.63, 3.8) is 0 Å². The van der Waals surface area contributed by atoms with Crippen LogP contribution in [0, 0.1) is 5.82 Å². The van der Waals surface area contributed by atoms with Crippen molar-refractivity contribution in [3.05, 3.63) is 114 Å². The average molecular weight is 752 g/mol. The highest BCUT2D eigenvalue weighted by molar-refractivity contribution is 5.96. The van der Waals surface area contributed by atoms with Gasteiger partial charge in [0.05, 0.1) is 6.20 Å². The van der Waals surface area contributed by atoms with E-state index in [-0.39, 0.29) is 36.2 Å². The molecule has 3 amide bonds. The summed E-state index contributed by atoms with van der Waals surface area (Å²) in [5, 5.41) is 5.90. The number of nitrogens with zero attached hydrogens (tertiary/aromatic N) is 3. The lowest BCUT2D eigenvalue weighted by Gasteiger charge is -2.34. The van der Waals surface area contributed by atoms with Gasteiger partial charge in [-0.2, -0.15) is 0 Å². The van der Waals surface area contributed by atoms with E-state index in [2.05, 4.69) is 44.8 Å². The van der Waals surface area contributed by atoms with E-state index < -0.39 is 23.4 Å². The molecule has 1 aliphatic heterocycles. The fourth-order valence-corrected chi connectivity index (χ4v) is 6.76.